The normalized spacial score (nSPS) is 19.7. The molecule has 0 fully saturated rings. The maximum atomic E-state index is 13.5. The van der Waals surface area contributed by atoms with Gasteiger partial charge in [-0.05, 0) is 44.2 Å². The third-order valence-corrected chi connectivity index (χ3v) is 6.94. The van der Waals surface area contributed by atoms with E-state index in [0.29, 0.717) is 6.61 Å². The van der Waals surface area contributed by atoms with E-state index in [4.69, 9.17) is 9.72 Å². The van der Waals surface area contributed by atoms with E-state index in [0.717, 1.165) is 44.3 Å². The van der Waals surface area contributed by atoms with Gasteiger partial charge >= 0.3 is 0 Å². The van der Waals surface area contributed by atoms with Crippen LogP contribution in [0.4, 0.5) is 0 Å². The quantitative estimate of drug-likeness (QED) is 0.483. The fraction of sp³-hybridized carbons (Fsp3) is 0.400. The number of nitrogens with zero attached hydrogens (tertiary/aromatic N) is 2. The van der Waals surface area contributed by atoms with Gasteiger partial charge in [0, 0.05) is 11.3 Å². The van der Waals surface area contributed by atoms with Gasteiger partial charge < -0.3 is 4.74 Å². The van der Waals surface area contributed by atoms with E-state index in [1.807, 2.05) is 37.4 Å². The predicted molar refractivity (Wildman–Crippen MR) is 109 cm³/mol. The Morgan fingerprint density at radius 2 is 2.08 bits per heavy atom. The molecule has 1 atom stereocenters. The second kappa shape index (κ2) is 6.51. The van der Waals surface area contributed by atoms with Crippen molar-refractivity contribution in [3.8, 4) is 5.69 Å². The Kier molecular flexibility index (Phi) is 4.45. The van der Waals surface area contributed by atoms with Gasteiger partial charge in [-0.1, -0.05) is 36.4 Å². The van der Waals surface area contributed by atoms with E-state index in [2.05, 4.69) is 13.8 Å². The molecule has 0 amide bonds. The van der Waals surface area contributed by atoms with Gasteiger partial charge in [-0.15, -0.1) is 11.3 Å². The molecule has 26 heavy (non-hydrogen) atoms. The predicted octanol–water partition coefficient (Wildman–Crippen LogP) is 4.72. The van der Waals surface area contributed by atoms with Crippen LogP contribution >= 0.6 is 23.1 Å². The molecule has 4 nitrogen and oxygen atoms in total. The van der Waals surface area contributed by atoms with Gasteiger partial charge in [0.05, 0.1) is 23.3 Å². The molecule has 0 saturated carbocycles. The van der Waals surface area contributed by atoms with E-state index in [1.165, 1.54) is 17.3 Å². The molecule has 0 aliphatic carbocycles. The van der Waals surface area contributed by atoms with Gasteiger partial charge in [0.15, 0.2) is 5.16 Å². The lowest BCUT2D eigenvalue weighted by atomic mass is 9.90. The van der Waals surface area contributed by atoms with Crippen LogP contribution in [0.25, 0.3) is 15.9 Å². The molecular formula is C20H22N2O2S2. The van der Waals surface area contributed by atoms with Gasteiger partial charge in [0.25, 0.3) is 5.56 Å². The minimum Gasteiger partial charge on any atom is -0.369 e. The number of hydrogen-bond donors (Lipinski definition) is 0. The van der Waals surface area contributed by atoms with Crippen LogP contribution < -0.4 is 5.56 Å². The summed E-state index contributed by atoms with van der Waals surface area (Å²) in [6, 6.07) is 8.03. The van der Waals surface area contributed by atoms with Crippen molar-refractivity contribution in [3.05, 3.63) is 50.6 Å². The summed E-state index contributed by atoms with van der Waals surface area (Å²) < 4.78 is 7.81. The van der Waals surface area contributed by atoms with Crippen molar-refractivity contribution in [3.63, 3.8) is 0 Å². The van der Waals surface area contributed by atoms with Crippen LogP contribution in [0.1, 0.15) is 36.3 Å². The maximum absolute atomic E-state index is 13.5. The number of benzene rings is 1. The first-order valence-corrected chi connectivity index (χ1v) is 10.8. The van der Waals surface area contributed by atoms with Crippen molar-refractivity contribution in [2.24, 2.45) is 0 Å². The summed E-state index contributed by atoms with van der Waals surface area (Å²) in [6.07, 6.45) is 3.65. The second-order valence-corrected chi connectivity index (χ2v) is 8.88. The van der Waals surface area contributed by atoms with Crippen LogP contribution in [0.15, 0.2) is 34.2 Å². The Morgan fingerprint density at radius 3 is 2.73 bits per heavy atom. The lowest BCUT2D eigenvalue weighted by molar-refractivity contribution is -0.0543. The maximum Gasteiger partial charge on any atom is 0.267 e. The van der Waals surface area contributed by atoms with Crippen LogP contribution in [0.3, 0.4) is 0 Å². The number of aryl methyl sites for hydroxylation is 1. The highest BCUT2D eigenvalue weighted by Gasteiger charge is 2.33. The number of aromatic nitrogens is 2. The van der Waals surface area contributed by atoms with Crippen LogP contribution in [0.2, 0.25) is 0 Å². The van der Waals surface area contributed by atoms with E-state index < -0.39 is 0 Å². The van der Waals surface area contributed by atoms with E-state index in [-0.39, 0.29) is 11.2 Å². The highest BCUT2D eigenvalue weighted by atomic mass is 32.2. The third kappa shape index (κ3) is 2.80. The Hall–Kier alpha value is -1.63. The van der Waals surface area contributed by atoms with Crippen LogP contribution in [-0.2, 0) is 17.8 Å². The number of ether oxygens (including phenoxy) is 1. The van der Waals surface area contributed by atoms with Gasteiger partial charge in [0.2, 0.25) is 0 Å². The molecule has 0 N–H and O–H groups in total. The molecule has 2 aromatic heterocycles. The first-order chi connectivity index (χ1) is 12.5. The average molecular weight is 387 g/mol. The topological polar surface area (TPSA) is 44.1 Å². The number of thiophene rings is 1. The number of thioether (sulfide) groups is 1. The fourth-order valence-corrected chi connectivity index (χ4v) is 5.09. The lowest BCUT2D eigenvalue weighted by Crippen LogP contribution is -2.34. The highest BCUT2D eigenvalue weighted by molar-refractivity contribution is 7.98. The minimum absolute atomic E-state index is 0.0288. The average Bonchev–Trinajstić information content (AvgIpc) is 3.00. The monoisotopic (exact) mass is 386 g/mol. The molecule has 3 aromatic rings. The molecule has 136 valence electrons. The number of hydrogen-bond acceptors (Lipinski definition) is 5. The summed E-state index contributed by atoms with van der Waals surface area (Å²) in [4.78, 5) is 20.3. The molecular weight excluding hydrogens is 364 g/mol. The molecule has 1 aromatic carbocycles. The minimum atomic E-state index is -0.208. The second-order valence-electron chi connectivity index (χ2n) is 7.03. The first kappa shape index (κ1) is 17.8. The molecule has 0 saturated heterocycles. The smallest absolute Gasteiger partial charge is 0.267 e. The van der Waals surface area contributed by atoms with Crippen LogP contribution in [-0.4, -0.2) is 21.4 Å². The van der Waals surface area contributed by atoms with Gasteiger partial charge in [0.1, 0.15) is 4.83 Å². The molecule has 1 aliphatic heterocycles. The zero-order valence-electron chi connectivity index (χ0n) is 15.5. The van der Waals surface area contributed by atoms with Gasteiger partial charge in [-0.3, -0.25) is 9.36 Å². The molecule has 0 radical (unpaired) electrons. The highest BCUT2D eigenvalue weighted by Crippen LogP contribution is 2.38. The summed E-state index contributed by atoms with van der Waals surface area (Å²) in [5, 5.41) is 1.50. The van der Waals surface area contributed by atoms with Crippen molar-refractivity contribution >= 4 is 33.3 Å². The van der Waals surface area contributed by atoms with Crippen molar-refractivity contribution in [2.75, 3.05) is 6.26 Å². The Balaban J connectivity index is 1.99. The summed E-state index contributed by atoms with van der Waals surface area (Å²) in [5.41, 5.74) is 2.99. The summed E-state index contributed by atoms with van der Waals surface area (Å²) in [5.74, 6) is 0. The van der Waals surface area contributed by atoms with Crippen molar-refractivity contribution < 1.29 is 4.74 Å². The Morgan fingerprint density at radius 1 is 1.35 bits per heavy atom. The molecule has 6 heteroatoms. The SMILES string of the molecule is CC[C@]1(C)Cc2c(sc3nc(SC)n(-c4ccc(C)cc4)c(=O)c23)CO1. The zero-order valence-corrected chi connectivity index (χ0v) is 17.1. The number of fused-ring (bicyclic) bond motifs is 3. The molecule has 1 aliphatic rings. The largest absolute Gasteiger partial charge is 0.369 e. The summed E-state index contributed by atoms with van der Waals surface area (Å²) >= 11 is 3.10. The van der Waals surface area contributed by atoms with E-state index in [9.17, 15) is 4.79 Å². The molecule has 0 unspecified atom stereocenters. The van der Waals surface area contributed by atoms with Crippen molar-refractivity contribution in [2.45, 2.75) is 51.0 Å². The zero-order chi connectivity index (χ0) is 18.5. The van der Waals surface area contributed by atoms with Gasteiger partial charge in [-0.2, -0.15) is 0 Å². The van der Waals surface area contributed by atoms with Crippen LogP contribution in [0.5, 0.6) is 0 Å². The van der Waals surface area contributed by atoms with Crippen LogP contribution in [0, 0.1) is 6.92 Å². The summed E-state index contributed by atoms with van der Waals surface area (Å²) in [7, 11) is 0. The van der Waals surface area contributed by atoms with Crippen molar-refractivity contribution in [1.29, 1.82) is 0 Å². The lowest BCUT2D eigenvalue weighted by Gasteiger charge is -2.32. The van der Waals surface area contributed by atoms with E-state index >= 15 is 0 Å². The number of rotatable bonds is 3. The molecule has 4 rings (SSSR count). The standard InChI is InChI=1S/C20H22N2O2S2/c1-5-20(3)10-14-15(11-24-20)26-17-16(14)18(23)22(19(21-17)25-4)13-8-6-12(2)7-9-13/h6-9H,5,10-11H2,1-4H3/t20-/m1/s1. The molecule has 0 spiro atoms. The summed E-state index contributed by atoms with van der Waals surface area (Å²) in [6.45, 7) is 6.87. The molecule has 0 bridgehead atoms. The Labute approximate surface area is 161 Å². The third-order valence-electron chi connectivity index (χ3n) is 5.20. The Bertz CT molecular complexity index is 1040. The van der Waals surface area contributed by atoms with Gasteiger partial charge in [-0.25, -0.2) is 4.98 Å². The van der Waals surface area contributed by atoms with E-state index in [1.54, 1.807) is 15.9 Å². The molecule has 3 heterocycles. The van der Waals surface area contributed by atoms with Crippen molar-refractivity contribution in [1.82, 2.24) is 9.55 Å². The first-order valence-electron chi connectivity index (χ1n) is 8.78. The fourth-order valence-electron chi connectivity index (χ4n) is 3.39.